The smallest absolute Gasteiger partial charge is 0.0951 e. The lowest BCUT2D eigenvalue weighted by molar-refractivity contribution is 1.07. The van der Waals surface area contributed by atoms with Gasteiger partial charge < -0.3 is 10.6 Å². The van der Waals surface area contributed by atoms with Crippen LogP contribution >= 0.6 is 11.6 Å². The van der Waals surface area contributed by atoms with Gasteiger partial charge in [0.1, 0.15) is 0 Å². The van der Waals surface area contributed by atoms with Crippen molar-refractivity contribution in [2.75, 3.05) is 11.4 Å². The third-order valence-corrected chi connectivity index (χ3v) is 2.06. The highest BCUT2D eigenvalue weighted by Crippen LogP contribution is 2.25. The molecule has 1 aromatic rings. The summed E-state index contributed by atoms with van der Waals surface area (Å²) in [5.74, 6) is 0. The van der Waals surface area contributed by atoms with E-state index in [9.17, 15) is 0 Å². The lowest BCUT2D eigenvalue weighted by Crippen LogP contribution is -2.08. The number of hydrogen-bond donors (Lipinski definition) is 1. The van der Waals surface area contributed by atoms with Crippen molar-refractivity contribution in [3.63, 3.8) is 0 Å². The number of halogens is 1. The van der Waals surface area contributed by atoms with E-state index in [0.717, 1.165) is 17.3 Å². The Morgan fingerprint density at radius 1 is 1.36 bits per heavy atom. The highest BCUT2D eigenvalue weighted by atomic mass is 35.5. The molecule has 2 nitrogen and oxygen atoms in total. The van der Waals surface area contributed by atoms with E-state index in [2.05, 4.69) is 4.90 Å². The van der Waals surface area contributed by atoms with Crippen LogP contribution in [0.25, 0.3) is 0 Å². The molecule has 2 rings (SSSR count). The molecule has 0 radical (unpaired) electrons. The molecular weight excluding hydrogens is 160 g/mol. The Bertz CT molecular complexity index is 257. The molecule has 0 spiro atoms. The third kappa shape index (κ3) is 1.32. The van der Waals surface area contributed by atoms with Crippen molar-refractivity contribution in [1.82, 2.24) is 0 Å². The molecule has 1 fully saturated rings. The quantitative estimate of drug-likeness (QED) is 0.643. The average molecular weight is 169 g/mol. The molecule has 1 aliphatic heterocycles. The van der Waals surface area contributed by atoms with E-state index in [-0.39, 0.29) is 6.17 Å². The normalized spacial score (nSPS) is 22.0. The molecule has 0 saturated carbocycles. The van der Waals surface area contributed by atoms with Crippen LogP contribution in [0.2, 0.25) is 5.02 Å². The summed E-state index contributed by atoms with van der Waals surface area (Å²) < 4.78 is 0. The second-order valence-electron chi connectivity index (χ2n) is 2.70. The molecule has 11 heavy (non-hydrogen) atoms. The lowest BCUT2D eigenvalue weighted by Gasteiger charge is -2.01. The standard InChI is InChI=1S/C8H9ClN2/c9-6-1-3-7(4-2-6)11-5-8(11)10/h1-4,8H,5,10H2/t8-,11?/m1/s1. The van der Waals surface area contributed by atoms with Gasteiger partial charge in [-0.2, -0.15) is 0 Å². The molecular formula is C8H9ClN2. The van der Waals surface area contributed by atoms with Crippen molar-refractivity contribution >= 4 is 17.3 Å². The summed E-state index contributed by atoms with van der Waals surface area (Å²) in [6, 6.07) is 7.72. The molecule has 3 heteroatoms. The molecule has 1 aliphatic rings. The van der Waals surface area contributed by atoms with Crippen molar-refractivity contribution in [1.29, 1.82) is 0 Å². The molecule has 1 heterocycles. The Hall–Kier alpha value is -0.730. The molecule has 1 atom stereocenters. The monoisotopic (exact) mass is 168 g/mol. The predicted octanol–water partition coefficient (Wildman–Crippen LogP) is 1.44. The first-order valence-electron chi connectivity index (χ1n) is 3.55. The molecule has 2 N–H and O–H groups in total. The van der Waals surface area contributed by atoms with Crippen LogP contribution in [0.3, 0.4) is 0 Å². The Balaban J connectivity index is 2.21. The zero-order chi connectivity index (χ0) is 7.84. The molecule has 0 amide bonds. The van der Waals surface area contributed by atoms with Crippen LogP contribution in [0.15, 0.2) is 24.3 Å². The second-order valence-corrected chi connectivity index (χ2v) is 3.13. The van der Waals surface area contributed by atoms with E-state index in [1.54, 1.807) is 0 Å². The Morgan fingerprint density at radius 2 is 1.91 bits per heavy atom. The van der Waals surface area contributed by atoms with E-state index < -0.39 is 0 Å². The van der Waals surface area contributed by atoms with Crippen molar-refractivity contribution in [3.05, 3.63) is 29.3 Å². The van der Waals surface area contributed by atoms with Crippen LogP contribution in [0.1, 0.15) is 0 Å². The zero-order valence-electron chi connectivity index (χ0n) is 6.00. The van der Waals surface area contributed by atoms with Crippen LogP contribution in [-0.4, -0.2) is 12.7 Å². The van der Waals surface area contributed by atoms with Crippen LogP contribution < -0.4 is 10.6 Å². The summed E-state index contributed by atoms with van der Waals surface area (Å²) in [6.45, 7) is 0.960. The first kappa shape index (κ1) is 6.95. The Kier molecular flexibility index (Phi) is 1.51. The summed E-state index contributed by atoms with van der Waals surface area (Å²) >= 11 is 5.72. The van der Waals surface area contributed by atoms with Crippen LogP contribution in [0, 0.1) is 0 Å². The summed E-state index contributed by atoms with van der Waals surface area (Å²) in [5.41, 5.74) is 6.78. The number of anilines is 1. The third-order valence-electron chi connectivity index (χ3n) is 1.81. The fourth-order valence-electron chi connectivity index (χ4n) is 1.08. The summed E-state index contributed by atoms with van der Waals surface area (Å²) in [4.78, 5) is 2.11. The topological polar surface area (TPSA) is 29.0 Å². The largest absolute Gasteiger partial charge is 0.351 e. The zero-order valence-corrected chi connectivity index (χ0v) is 6.75. The maximum Gasteiger partial charge on any atom is 0.0951 e. The molecule has 0 aliphatic carbocycles. The number of benzene rings is 1. The molecule has 0 aromatic heterocycles. The minimum absolute atomic E-state index is 0.219. The number of nitrogens with two attached hydrogens (primary N) is 1. The average Bonchev–Trinajstić information content (AvgIpc) is 2.69. The van der Waals surface area contributed by atoms with Gasteiger partial charge in [0, 0.05) is 10.7 Å². The van der Waals surface area contributed by atoms with Crippen LogP contribution in [0.5, 0.6) is 0 Å². The van der Waals surface area contributed by atoms with Gasteiger partial charge in [0.2, 0.25) is 0 Å². The fraction of sp³-hybridized carbons (Fsp3) is 0.250. The van der Waals surface area contributed by atoms with Gasteiger partial charge in [0.15, 0.2) is 0 Å². The highest BCUT2D eigenvalue weighted by Gasteiger charge is 2.29. The van der Waals surface area contributed by atoms with Crippen molar-refractivity contribution in [2.24, 2.45) is 5.73 Å². The first-order chi connectivity index (χ1) is 5.27. The van der Waals surface area contributed by atoms with Crippen molar-refractivity contribution < 1.29 is 0 Å². The predicted molar refractivity (Wildman–Crippen MR) is 46.8 cm³/mol. The second kappa shape index (κ2) is 2.40. The summed E-state index contributed by atoms with van der Waals surface area (Å²) in [5, 5.41) is 0.768. The van der Waals surface area contributed by atoms with E-state index >= 15 is 0 Å². The first-order valence-corrected chi connectivity index (χ1v) is 3.93. The Labute approximate surface area is 70.6 Å². The van der Waals surface area contributed by atoms with E-state index in [1.165, 1.54) is 0 Å². The fourth-order valence-corrected chi connectivity index (χ4v) is 1.21. The van der Waals surface area contributed by atoms with Crippen molar-refractivity contribution in [2.45, 2.75) is 6.17 Å². The van der Waals surface area contributed by atoms with Gasteiger partial charge in [-0.15, -0.1) is 0 Å². The minimum atomic E-state index is 0.219. The van der Waals surface area contributed by atoms with Gasteiger partial charge in [0.05, 0.1) is 12.7 Å². The maximum atomic E-state index is 5.72. The molecule has 0 unspecified atom stereocenters. The van der Waals surface area contributed by atoms with E-state index in [1.807, 2.05) is 24.3 Å². The Morgan fingerprint density at radius 3 is 2.36 bits per heavy atom. The minimum Gasteiger partial charge on any atom is -0.351 e. The van der Waals surface area contributed by atoms with Gasteiger partial charge >= 0.3 is 0 Å². The molecule has 1 saturated heterocycles. The summed E-state index contributed by atoms with van der Waals surface area (Å²) in [7, 11) is 0. The van der Waals surface area contributed by atoms with Gasteiger partial charge in [-0.3, -0.25) is 0 Å². The lowest BCUT2D eigenvalue weighted by atomic mass is 10.3. The van der Waals surface area contributed by atoms with Gasteiger partial charge in [0.25, 0.3) is 0 Å². The summed E-state index contributed by atoms with van der Waals surface area (Å²) in [6.07, 6.45) is 0.219. The van der Waals surface area contributed by atoms with E-state index in [4.69, 9.17) is 17.3 Å². The number of hydrogen-bond acceptors (Lipinski definition) is 2. The number of rotatable bonds is 1. The van der Waals surface area contributed by atoms with Crippen LogP contribution in [0.4, 0.5) is 5.69 Å². The van der Waals surface area contributed by atoms with Gasteiger partial charge in [-0.1, -0.05) is 11.6 Å². The van der Waals surface area contributed by atoms with Gasteiger partial charge in [-0.25, -0.2) is 0 Å². The van der Waals surface area contributed by atoms with E-state index in [0.29, 0.717) is 0 Å². The number of nitrogens with zero attached hydrogens (tertiary/aromatic N) is 1. The molecule has 1 aromatic carbocycles. The van der Waals surface area contributed by atoms with Crippen LogP contribution in [-0.2, 0) is 0 Å². The highest BCUT2D eigenvalue weighted by molar-refractivity contribution is 6.30. The molecule has 0 bridgehead atoms. The van der Waals surface area contributed by atoms with Gasteiger partial charge in [-0.05, 0) is 24.3 Å². The SMILES string of the molecule is N[C@H]1CN1c1ccc(Cl)cc1. The maximum absolute atomic E-state index is 5.72. The van der Waals surface area contributed by atoms with Crippen molar-refractivity contribution in [3.8, 4) is 0 Å². The molecule has 58 valence electrons.